The van der Waals surface area contributed by atoms with Gasteiger partial charge in [-0.05, 0) is 49.7 Å². The summed E-state index contributed by atoms with van der Waals surface area (Å²) in [7, 11) is 0. The van der Waals surface area contributed by atoms with Crippen LogP contribution in [0, 0.1) is 0 Å². The second-order valence-corrected chi connectivity index (χ2v) is 7.04. The Morgan fingerprint density at radius 3 is 2.72 bits per heavy atom. The number of hydrogen-bond acceptors (Lipinski definition) is 8. The molecule has 2 aromatic heterocycles. The van der Waals surface area contributed by atoms with E-state index in [2.05, 4.69) is 10.3 Å². The fraction of sp³-hybridized carbons (Fsp3) is 0.217. The number of nitrogens with one attached hydrogen (secondary N) is 1. The van der Waals surface area contributed by atoms with Gasteiger partial charge in [0.15, 0.2) is 5.58 Å². The Labute approximate surface area is 181 Å². The van der Waals surface area contributed by atoms with Gasteiger partial charge in [0.05, 0.1) is 12.2 Å². The number of esters is 1. The predicted molar refractivity (Wildman–Crippen MR) is 117 cm³/mol. The second kappa shape index (κ2) is 8.93. The SMILES string of the molecule is CCOC(=O)CCCNc1ccc2cc(-c3nc4ccc(C(=O)O)cc4o3)c(=O)oc2c1. The maximum absolute atomic E-state index is 12.6. The number of carboxylic acids is 1. The number of aromatic carboxylic acids is 1. The standard InChI is InChI=1S/C23H20N2O7/c1-2-30-20(26)4-3-9-24-15-7-5-13-10-16(23(29)32-18(13)12-15)21-25-17-8-6-14(22(27)28)11-19(17)31-21/h5-8,10-12,24H,2-4,9H2,1H3,(H,27,28). The summed E-state index contributed by atoms with van der Waals surface area (Å²) < 4.78 is 16.0. The third-order valence-electron chi connectivity index (χ3n) is 4.79. The van der Waals surface area contributed by atoms with Gasteiger partial charge in [-0.1, -0.05) is 0 Å². The number of nitrogens with zero attached hydrogens (tertiary/aromatic N) is 1. The van der Waals surface area contributed by atoms with Crippen molar-refractivity contribution in [3.05, 3.63) is 58.4 Å². The van der Waals surface area contributed by atoms with E-state index < -0.39 is 11.6 Å². The molecule has 0 fully saturated rings. The van der Waals surface area contributed by atoms with Crippen LogP contribution in [-0.4, -0.2) is 35.2 Å². The minimum atomic E-state index is -1.08. The molecule has 0 spiro atoms. The minimum absolute atomic E-state index is 0.0550. The highest BCUT2D eigenvalue weighted by molar-refractivity contribution is 5.92. The molecule has 0 aliphatic heterocycles. The van der Waals surface area contributed by atoms with Gasteiger partial charge < -0.3 is 24.0 Å². The summed E-state index contributed by atoms with van der Waals surface area (Å²) in [5.74, 6) is -1.26. The van der Waals surface area contributed by atoms with Crippen LogP contribution >= 0.6 is 0 Å². The van der Waals surface area contributed by atoms with Crippen molar-refractivity contribution < 1.29 is 28.3 Å². The number of carboxylic acid groups (broad SMARTS) is 1. The van der Waals surface area contributed by atoms with Crippen LogP contribution in [0.4, 0.5) is 5.69 Å². The molecule has 0 aliphatic rings. The molecule has 2 heterocycles. The number of carbonyl (C=O) groups is 2. The van der Waals surface area contributed by atoms with Crippen molar-refractivity contribution in [3.63, 3.8) is 0 Å². The van der Waals surface area contributed by atoms with Crippen LogP contribution in [0.3, 0.4) is 0 Å². The van der Waals surface area contributed by atoms with Crippen molar-refractivity contribution in [3.8, 4) is 11.5 Å². The summed E-state index contributed by atoms with van der Waals surface area (Å²) in [5, 5.41) is 13.0. The van der Waals surface area contributed by atoms with Crippen molar-refractivity contribution in [2.75, 3.05) is 18.5 Å². The van der Waals surface area contributed by atoms with Gasteiger partial charge in [0.25, 0.3) is 0 Å². The molecule has 0 bridgehead atoms. The van der Waals surface area contributed by atoms with Gasteiger partial charge in [0.1, 0.15) is 16.7 Å². The number of ether oxygens (including phenoxy) is 1. The monoisotopic (exact) mass is 436 g/mol. The summed E-state index contributed by atoms with van der Waals surface area (Å²) in [4.78, 5) is 39.4. The first kappa shape index (κ1) is 21.1. The molecule has 0 atom stereocenters. The van der Waals surface area contributed by atoms with Crippen molar-refractivity contribution >= 4 is 39.7 Å². The molecule has 0 amide bonds. The van der Waals surface area contributed by atoms with E-state index in [-0.39, 0.29) is 28.6 Å². The Balaban J connectivity index is 1.54. The van der Waals surface area contributed by atoms with Crippen LogP contribution in [0.2, 0.25) is 0 Å². The summed E-state index contributed by atoms with van der Waals surface area (Å²) in [5.41, 5.74) is 1.42. The smallest absolute Gasteiger partial charge is 0.349 e. The first-order chi connectivity index (χ1) is 15.4. The fourth-order valence-corrected chi connectivity index (χ4v) is 3.24. The molecule has 2 N–H and O–H groups in total. The molecule has 0 saturated carbocycles. The van der Waals surface area contributed by atoms with E-state index in [0.29, 0.717) is 42.5 Å². The molecular weight excluding hydrogens is 416 g/mol. The van der Waals surface area contributed by atoms with Crippen molar-refractivity contribution in [2.24, 2.45) is 0 Å². The third kappa shape index (κ3) is 4.46. The van der Waals surface area contributed by atoms with Gasteiger partial charge in [-0.15, -0.1) is 0 Å². The van der Waals surface area contributed by atoms with Gasteiger partial charge in [0, 0.05) is 30.1 Å². The molecule has 9 nitrogen and oxygen atoms in total. The Morgan fingerprint density at radius 2 is 1.94 bits per heavy atom. The lowest BCUT2D eigenvalue weighted by molar-refractivity contribution is -0.143. The van der Waals surface area contributed by atoms with Crippen LogP contribution in [0.1, 0.15) is 30.1 Å². The molecule has 9 heteroatoms. The van der Waals surface area contributed by atoms with E-state index in [1.807, 2.05) is 6.07 Å². The van der Waals surface area contributed by atoms with E-state index in [0.717, 1.165) is 5.69 Å². The summed E-state index contributed by atoms with van der Waals surface area (Å²) in [6.07, 6.45) is 0.937. The highest BCUT2D eigenvalue weighted by atomic mass is 16.5. The van der Waals surface area contributed by atoms with E-state index in [1.54, 1.807) is 25.1 Å². The Bertz CT molecular complexity index is 1370. The van der Waals surface area contributed by atoms with Gasteiger partial charge >= 0.3 is 17.6 Å². The largest absolute Gasteiger partial charge is 0.478 e. The highest BCUT2D eigenvalue weighted by Crippen LogP contribution is 2.26. The summed E-state index contributed by atoms with van der Waals surface area (Å²) in [6.45, 7) is 2.70. The van der Waals surface area contributed by atoms with Crippen molar-refractivity contribution in [2.45, 2.75) is 19.8 Å². The zero-order chi connectivity index (χ0) is 22.7. The first-order valence-corrected chi connectivity index (χ1v) is 10.1. The Morgan fingerprint density at radius 1 is 1.09 bits per heavy atom. The Hall–Kier alpha value is -4.14. The number of benzene rings is 2. The van der Waals surface area contributed by atoms with Gasteiger partial charge in [-0.2, -0.15) is 0 Å². The first-order valence-electron chi connectivity index (χ1n) is 10.1. The van der Waals surface area contributed by atoms with Crippen LogP contribution in [0.25, 0.3) is 33.5 Å². The van der Waals surface area contributed by atoms with Crippen LogP contribution in [0.15, 0.2) is 56.1 Å². The number of hydrogen-bond donors (Lipinski definition) is 2. The lowest BCUT2D eigenvalue weighted by Crippen LogP contribution is -2.08. The number of anilines is 1. The van der Waals surface area contributed by atoms with Crippen LogP contribution < -0.4 is 10.9 Å². The zero-order valence-electron chi connectivity index (χ0n) is 17.2. The van der Waals surface area contributed by atoms with Gasteiger partial charge in [-0.3, -0.25) is 4.79 Å². The summed E-state index contributed by atoms with van der Waals surface area (Å²) >= 11 is 0. The number of rotatable bonds is 8. The molecule has 4 aromatic rings. The molecule has 0 unspecified atom stereocenters. The van der Waals surface area contributed by atoms with E-state index in [4.69, 9.17) is 18.7 Å². The van der Waals surface area contributed by atoms with Crippen molar-refractivity contribution in [1.29, 1.82) is 0 Å². The lowest BCUT2D eigenvalue weighted by atomic mass is 10.1. The fourth-order valence-electron chi connectivity index (χ4n) is 3.24. The molecular formula is C23H20N2O7. The topological polar surface area (TPSA) is 132 Å². The van der Waals surface area contributed by atoms with Gasteiger partial charge in [0.2, 0.25) is 5.89 Å². The average Bonchev–Trinajstić information content (AvgIpc) is 3.19. The quantitative estimate of drug-likeness (QED) is 0.238. The molecule has 0 saturated heterocycles. The van der Waals surface area contributed by atoms with E-state index in [1.165, 1.54) is 18.2 Å². The maximum Gasteiger partial charge on any atom is 0.349 e. The van der Waals surface area contributed by atoms with Crippen LogP contribution in [-0.2, 0) is 9.53 Å². The molecule has 0 radical (unpaired) electrons. The predicted octanol–water partition coefficient (Wildman–Crippen LogP) is 4.05. The highest BCUT2D eigenvalue weighted by Gasteiger charge is 2.16. The third-order valence-corrected chi connectivity index (χ3v) is 4.79. The zero-order valence-corrected chi connectivity index (χ0v) is 17.2. The molecule has 164 valence electrons. The van der Waals surface area contributed by atoms with Crippen molar-refractivity contribution in [1.82, 2.24) is 4.98 Å². The number of oxazole rings is 1. The summed E-state index contributed by atoms with van der Waals surface area (Å²) in [6, 6.07) is 11.2. The second-order valence-electron chi connectivity index (χ2n) is 7.04. The average molecular weight is 436 g/mol. The molecule has 32 heavy (non-hydrogen) atoms. The minimum Gasteiger partial charge on any atom is -0.478 e. The molecule has 4 rings (SSSR count). The number of carbonyl (C=O) groups excluding carboxylic acids is 1. The van der Waals surface area contributed by atoms with E-state index >= 15 is 0 Å². The molecule has 2 aromatic carbocycles. The number of fused-ring (bicyclic) bond motifs is 2. The Kier molecular flexibility index (Phi) is 5.89. The molecule has 0 aliphatic carbocycles. The van der Waals surface area contributed by atoms with E-state index in [9.17, 15) is 14.4 Å². The maximum atomic E-state index is 12.6. The lowest BCUT2D eigenvalue weighted by Gasteiger charge is -2.07. The normalized spacial score (nSPS) is 11.0. The van der Waals surface area contributed by atoms with Crippen LogP contribution in [0.5, 0.6) is 0 Å². The van der Waals surface area contributed by atoms with Gasteiger partial charge in [-0.25, -0.2) is 14.6 Å². The number of aromatic nitrogens is 1.